The number of halogens is 2. The number of hydrogen-bond donors (Lipinski definition) is 2. The number of benzene rings is 2. The first-order valence-electron chi connectivity index (χ1n) is 9.20. The number of thioether (sulfide) groups is 1. The highest BCUT2D eigenvalue weighted by molar-refractivity contribution is 8.00. The van der Waals surface area contributed by atoms with Gasteiger partial charge in [0.05, 0.1) is 11.1 Å². The Bertz CT molecular complexity index is 866. The monoisotopic (exact) mass is 439 g/mol. The summed E-state index contributed by atoms with van der Waals surface area (Å²) in [6, 6.07) is 11.0. The largest absolute Gasteiger partial charge is 0.489 e. The minimum absolute atomic E-state index is 0.238. The molecule has 1 saturated heterocycles. The number of likely N-dealkylation sites (N-methyl/N-ethyl adjacent to an activating group) is 1. The zero-order valence-corrected chi connectivity index (χ0v) is 17.7. The fourth-order valence-corrected chi connectivity index (χ4v) is 4.88. The number of aliphatic carboxylic acids is 1. The first-order valence-corrected chi connectivity index (χ1v) is 10.4. The van der Waals surface area contributed by atoms with Gasteiger partial charge in [0.1, 0.15) is 24.2 Å². The van der Waals surface area contributed by atoms with Gasteiger partial charge in [-0.05, 0) is 56.8 Å². The second-order valence-electron chi connectivity index (χ2n) is 7.06. The number of carbonyl (C=O) groups is 1. The maximum absolute atomic E-state index is 13.1. The fraction of sp³-hybridized carbons (Fsp3) is 0.381. The van der Waals surface area contributed by atoms with Crippen molar-refractivity contribution in [3.05, 3.63) is 58.9 Å². The van der Waals surface area contributed by atoms with Crippen molar-refractivity contribution in [2.75, 3.05) is 13.7 Å². The van der Waals surface area contributed by atoms with E-state index in [1.165, 1.54) is 12.1 Å². The lowest BCUT2D eigenvalue weighted by molar-refractivity contribution is -0.143. The van der Waals surface area contributed by atoms with E-state index in [1.54, 1.807) is 24.9 Å². The quantitative estimate of drug-likeness (QED) is 0.636. The van der Waals surface area contributed by atoms with Gasteiger partial charge >= 0.3 is 5.97 Å². The van der Waals surface area contributed by atoms with Crippen LogP contribution in [0.15, 0.2) is 47.4 Å². The van der Waals surface area contributed by atoms with Crippen molar-refractivity contribution < 1.29 is 23.8 Å². The molecule has 156 valence electrons. The molecule has 1 aliphatic heterocycles. The summed E-state index contributed by atoms with van der Waals surface area (Å²) in [5.74, 6) is -0.640. The molecule has 3 atom stereocenters. The first kappa shape index (κ1) is 21.9. The second-order valence-corrected chi connectivity index (χ2v) is 9.07. The van der Waals surface area contributed by atoms with Crippen molar-refractivity contribution >= 4 is 29.3 Å². The summed E-state index contributed by atoms with van der Waals surface area (Å²) in [5, 5.41) is 12.6. The van der Waals surface area contributed by atoms with E-state index in [0.29, 0.717) is 22.9 Å². The van der Waals surface area contributed by atoms with Gasteiger partial charge in [-0.1, -0.05) is 17.7 Å². The van der Waals surface area contributed by atoms with E-state index >= 15 is 0 Å². The molecular formula is C21H23ClFNO4S. The minimum atomic E-state index is -0.922. The van der Waals surface area contributed by atoms with Crippen LogP contribution < -0.4 is 10.1 Å². The van der Waals surface area contributed by atoms with Crippen LogP contribution in [-0.2, 0) is 16.1 Å². The normalized spacial score (nSPS) is 22.4. The zero-order chi connectivity index (χ0) is 21.0. The van der Waals surface area contributed by atoms with Crippen LogP contribution in [-0.4, -0.2) is 41.6 Å². The molecule has 5 nitrogen and oxygen atoms in total. The van der Waals surface area contributed by atoms with Gasteiger partial charge in [-0.15, -0.1) is 11.8 Å². The maximum atomic E-state index is 13.1. The number of carboxylic acid groups (broad SMARTS) is 1. The summed E-state index contributed by atoms with van der Waals surface area (Å²) in [5.41, 5.74) is 0.705. The fourth-order valence-electron chi connectivity index (χ4n) is 3.34. The predicted octanol–water partition coefficient (Wildman–Crippen LogP) is 4.37. The Morgan fingerprint density at radius 3 is 2.76 bits per heavy atom. The van der Waals surface area contributed by atoms with Gasteiger partial charge in [-0.3, -0.25) is 4.79 Å². The van der Waals surface area contributed by atoms with E-state index in [1.807, 2.05) is 31.2 Å². The number of carboxylic acids is 1. The molecule has 2 N–H and O–H groups in total. The molecule has 1 fully saturated rings. The molecule has 0 radical (unpaired) electrons. The number of rotatable bonds is 8. The molecule has 8 heteroatoms. The molecule has 1 aliphatic rings. The topological polar surface area (TPSA) is 67.8 Å². The summed E-state index contributed by atoms with van der Waals surface area (Å²) in [7, 11) is 1.63. The Kier molecular flexibility index (Phi) is 7.05. The van der Waals surface area contributed by atoms with Crippen LogP contribution >= 0.6 is 23.4 Å². The van der Waals surface area contributed by atoms with Gasteiger partial charge in [0, 0.05) is 21.8 Å². The molecular weight excluding hydrogens is 417 g/mol. The van der Waals surface area contributed by atoms with Crippen molar-refractivity contribution in [1.29, 1.82) is 0 Å². The highest BCUT2D eigenvalue weighted by atomic mass is 35.5. The Balaban J connectivity index is 1.64. The molecule has 2 aromatic carbocycles. The van der Waals surface area contributed by atoms with Gasteiger partial charge in [0.15, 0.2) is 0 Å². The van der Waals surface area contributed by atoms with E-state index in [2.05, 4.69) is 5.32 Å². The number of hydrogen-bond acceptors (Lipinski definition) is 5. The number of ether oxygens (including phenoxy) is 2. The van der Waals surface area contributed by atoms with E-state index in [4.69, 9.17) is 21.1 Å². The molecule has 0 spiro atoms. The van der Waals surface area contributed by atoms with E-state index in [0.717, 1.165) is 11.3 Å². The molecule has 0 amide bonds. The van der Waals surface area contributed by atoms with Crippen molar-refractivity contribution in [1.82, 2.24) is 5.32 Å². The summed E-state index contributed by atoms with van der Waals surface area (Å²) >= 11 is 7.63. The van der Waals surface area contributed by atoms with Gasteiger partial charge < -0.3 is 19.9 Å². The van der Waals surface area contributed by atoms with Crippen molar-refractivity contribution in [2.24, 2.45) is 0 Å². The predicted molar refractivity (Wildman–Crippen MR) is 111 cm³/mol. The van der Waals surface area contributed by atoms with Crippen LogP contribution in [0, 0.1) is 5.82 Å². The van der Waals surface area contributed by atoms with Crippen LogP contribution in [0.25, 0.3) is 0 Å². The summed E-state index contributed by atoms with van der Waals surface area (Å²) < 4.78 is 24.3. The van der Waals surface area contributed by atoms with Gasteiger partial charge in [-0.25, -0.2) is 4.39 Å². The summed E-state index contributed by atoms with van der Waals surface area (Å²) in [4.78, 5) is 12.5. The molecule has 1 heterocycles. The second kappa shape index (κ2) is 9.34. The Hall–Kier alpha value is -1.80. The molecule has 1 unspecified atom stereocenters. The lowest BCUT2D eigenvalue weighted by Gasteiger charge is -2.33. The van der Waals surface area contributed by atoms with Crippen molar-refractivity contribution in [3.8, 4) is 5.75 Å². The molecule has 0 bridgehead atoms. The first-order chi connectivity index (χ1) is 13.8. The lowest BCUT2D eigenvalue weighted by Crippen LogP contribution is -2.51. The lowest BCUT2D eigenvalue weighted by atomic mass is 9.96. The smallest absolute Gasteiger partial charge is 0.323 e. The number of nitrogens with one attached hydrogen (secondary N) is 1. The third-order valence-corrected chi connectivity index (χ3v) is 6.72. The molecule has 0 aromatic heterocycles. The van der Waals surface area contributed by atoms with Crippen LogP contribution in [0.4, 0.5) is 4.39 Å². The van der Waals surface area contributed by atoms with Crippen LogP contribution in [0.5, 0.6) is 5.75 Å². The van der Waals surface area contributed by atoms with Crippen LogP contribution in [0.1, 0.15) is 18.9 Å². The van der Waals surface area contributed by atoms with Crippen LogP contribution in [0.3, 0.4) is 0 Å². The Labute approximate surface area is 178 Å². The SMILES string of the molecule is CNC(C(=O)O)[C@H]1OCC[C@@]1(C)Sc1ccc(OCc2ccc(F)cc2Cl)cc1. The van der Waals surface area contributed by atoms with Gasteiger partial charge in [0.2, 0.25) is 0 Å². The Morgan fingerprint density at radius 1 is 1.41 bits per heavy atom. The van der Waals surface area contributed by atoms with E-state index in [-0.39, 0.29) is 17.2 Å². The third-order valence-electron chi connectivity index (χ3n) is 4.96. The van der Waals surface area contributed by atoms with Gasteiger partial charge in [0.25, 0.3) is 0 Å². The van der Waals surface area contributed by atoms with Crippen molar-refractivity contribution in [3.63, 3.8) is 0 Å². The molecule has 29 heavy (non-hydrogen) atoms. The molecule has 3 rings (SSSR count). The van der Waals surface area contributed by atoms with Crippen LogP contribution in [0.2, 0.25) is 5.02 Å². The molecule has 2 aromatic rings. The van der Waals surface area contributed by atoms with E-state index < -0.39 is 18.1 Å². The Morgan fingerprint density at radius 2 is 2.14 bits per heavy atom. The summed E-state index contributed by atoms with van der Waals surface area (Å²) in [6.07, 6.45) is 0.321. The maximum Gasteiger partial charge on any atom is 0.323 e. The van der Waals surface area contributed by atoms with E-state index in [9.17, 15) is 14.3 Å². The third kappa shape index (κ3) is 5.22. The average Bonchev–Trinajstić information content (AvgIpc) is 3.03. The standard InChI is InChI=1S/C21H23ClFNO4S/c1-21(9-10-27-19(21)18(24-2)20(25)26)29-16-7-5-15(6-8-16)28-12-13-3-4-14(23)11-17(13)22/h3-8,11,18-19,24H,9-10,12H2,1-2H3,(H,25,26)/t18?,19-,21-/m1/s1. The average molecular weight is 440 g/mol. The minimum Gasteiger partial charge on any atom is -0.489 e. The molecule has 0 aliphatic carbocycles. The highest BCUT2D eigenvalue weighted by Gasteiger charge is 2.47. The van der Waals surface area contributed by atoms with Gasteiger partial charge in [-0.2, -0.15) is 0 Å². The molecule has 0 saturated carbocycles. The zero-order valence-electron chi connectivity index (χ0n) is 16.2. The van der Waals surface area contributed by atoms with Crippen molar-refractivity contribution in [2.45, 2.75) is 41.7 Å². The highest BCUT2D eigenvalue weighted by Crippen LogP contribution is 2.44. The summed E-state index contributed by atoms with van der Waals surface area (Å²) in [6.45, 7) is 2.80.